The summed E-state index contributed by atoms with van der Waals surface area (Å²) in [5, 5.41) is 0. The maximum atomic E-state index is 12.7. The third kappa shape index (κ3) is 4.02. The van der Waals surface area contributed by atoms with Gasteiger partial charge in [0, 0.05) is 43.0 Å². The Morgan fingerprint density at radius 1 is 1.15 bits per heavy atom. The fraction of sp³-hybridized carbons (Fsp3) is 0.545. The fourth-order valence-corrected chi connectivity index (χ4v) is 4.09. The van der Waals surface area contributed by atoms with Gasteiger partial charge < -0.3 is 14.2 Å². The zero-order valence-corrected chi connectivity index (χ0v) is 16.4. The topological polar surface area (TPSA) is 47.4 Å². The van der Waals surface area contributed by atoms with E-state index in [9.17, 15) is 4.79 Å². The summed E-state index contributed by atoms with van der Waals surface area (Å²) in [6, 6.07) is 7.42. The van der Waals surface area contributed by atoms with Gasteiger partial charge in [-0.25, -0.2) is 4.98 Å². The fourth-order valence-electron chi connectivity index (χ4n) is 4.09. The van der Waals surface area contributed by atoms with E-state index in [1.807, 2.05) is 35.4 Å². The van der Waals surface area contributed by atoms with Crippen LogP contribution in [-0.2, 0) is 6.54 Å². The van der Waals surface area contributed by atoms with Crippen molar-refractivity contribution >= 4 is 5.91 Å². The van der Waals surface area contributed by atoms with Gasteiger partial charge in [-0.3, -0.25) is 4.79 Å². The summed E-state index contributed by atoms with van der Waals surface area (Å²) in [6.45, 7) is 4.94. The van der Waals surface area contributed by atoms with E-state index in [0.29, 0.717) is 11.8 Å². The molecule has 1 aromatic carbocycles. The van der Waals surface area contributed by atoms with Crippen LogP contribution in [0.3, 0.4) is 0 Å². The van der Waals surface area contributed by atoms with Crippen LogP contribution in [0.2, 0.25) is 0 Å². The second-order valence-electron chi connectivity index (χ2n) is 7.94. The predicted octanol–water partition coefficient (Wildman–Crippen LogP) is 4.02. The van der Waals surface area contributed by atoms with Crippen molar-refractivity contribution in [3.63, 3.8) is 0 Å². The lowest BCUT2D eigenvalue weighted by Crippen LogP contribution is -2.38. The highest BCUT2D eigenvalue weighted by Crippen LogP contribution is 2.39. The van der Waals surface area contributed by atoms with E-state index in [0.717, 1.165) is 43.8 Å². The van der Waals surface area contributed by atoms with E-state index in [-0.39, 0.29) is 5.91 Å². The number of aryl methyl sites for hydroxylation is 1. The number of likely N-dealkylation sites (tertiary alicyclic amines) is 1. The maximum absolute atomic E-state index is 12.7. The van der Waals surface area contributed by atoms with Crippen LogP contribution in [0.4, 0.5) is 0 Å². The number of rotatable bonds is 6. The minimum atomic E-state index is 0.137. The van der Waals surface area contributed by atoms with Crippen molar-refractivity contribution in [3.8, 4) is 5.75 Å². The molecule has 1 aliphatic heterocycles. The van der Waals surface area contributed by atoms with Crippen molar-refractivity contribution in [2.75, 3.05) is 20.2 Å². The van der Waals surface area contributed by atoms with Crippen LogP contribution in [-0.4, -0.2) is 40.6 Å². The first-order chi connectivity index (χ1) is 13.2. The molecule has 1 saturated heterocycles. The molecule has 1 saturated carbocycles. The highest BCUT2D eigenvalue weighted by Gasteiger charge is 2.29. The van der Waals surface area contributed by atoms with Crippen LogP contribution in [0, 0.1) is 12.8 Å². The number of nitrogens with zero attached hydrogens (tertiary/aromatic N) is 3. The lowest BCUT2D eigenvalue weighted by molar-refractivity contribution is 0.0684. The third-order valence-electron chi connectivity index (χ3n) is 6.03. The summed E-state index contributed by atoms with van der Waals surface area (Å²) in [7, 11) is 1.64. The Labute approximate surface area is 161 Å². The Kier molecular flexibility index (Phi) is 5.19. The molecule has 2 fully saturated rings. The number of carbonyl (C=O) groups is 1. The summed E-state index contributed by atoms with van der Waals surface area (Å²) < 4.78 is 7.59. The van der Waals surface area contributed by atoms with E-state index in [1.165, 1.54) is 30.8 Å². The van der Waals surface area contributed by atoms with Crippen molar-refractivity contribution in [1.29, 1.82) is 0 Å². The second-order valence-corrected chi connectivity index (χ2v) is 7.94. The van der Waals surface area contributed by atoms with Crippen molar-refractivity contribution < 1.29 is 9.53 Å². The highest BCUT2D eigenvalue weighted by atomic mass is 16.5. The van der Waals surface area contributed by atoms with Gasteiger partial charge in [0.1, 0.15) is 11.6 Å². The molecule has 144 valence electrons. The molecule has 1 aromatic heterocycles. The molecule has 2 aliphatic rings. The first kappa shape index (κ1) is 18.1. The number of piperidine rings is 1. The summed E-state index contributed by atoms with van der Waals surface area (Å²) in [6.07, 6.45) is 7.97. The molecule has 5 heteroatoms. The number of imidazole rings is 1. The number of carbonyl (C=O) groups excluding carboxylic acids is 1. The number of aromatic nitrogens is 2. The van der Waals surface area contributed by atoms with Crippen LogP contribution in [0.1, 0.15) is 59.9 Å². The first-order valence-corrected chi connectivity index (χ1v) is 10.1. The molecule has 4 rings (SSSR count). The summed E-state index contributed by atoms with van der Waals surface area (Å²) >= 11 is 0. The van der Waals surface area contributed by atoms with E-state index in [4.69, 9.17) is 4.74 Å². The van der Waals surface area contributed by atoms with Crippen LogP contribution in [0.5, 0.6) is 5.75 Å². The number of hydrogen-bond donors (Lipinski definition) is 0. The van der Waals surface area contributed by atoms with Crippen LogP contribution >= 0.6 is 0 Å². The van der Waals surface area contributed by atoms with Gasteiger partial charge in [-0.15, -0.1) is 0 Å². The molecule has 2 heterocycles. The Morgan fingerprint density at radius 3 is 2.48 bits per heavy atom. The maximum Gasteiger partial charge on any atom is 0.253 e. The normalized spacial score (nSPS) is 17.9. The molecule has 0 bridgehead atoms. The van der Waals surface area contributed by atoms with Crippen molar-refractivity contribution in [3.05, 3.63) is 47.5 Å². The number of methoxy groups -OCH3 is 1. The lowest BCUT2D eigenvalue weighted by Gasteiger charge is -2.32. The summed E-state index contributed by atoms with van der Waals surface area (Å²) in [4.78, 5) is 19.3. The zero-order chi connectivity index (χ0) is 18.8. The number of hydrogen-bond acceptors (Lipinski definition) is 3. The molecule has 0 atom stereocenters. The quantitative estimate of drug-likeness (QED) is 0.775. The van der Waals surface area contributed by atoms with E-state index in [1.54, 1.807) is 7.11 Å². The van der Waals surface area contributed by atoms with Crippen molar-refractivity contribution in [2.45, 2.75) is 51.5 Å². The standard InChI is InChI=1S/C22H29N3O2/c1-16-15-23-21(18-3-4-18)25(16)14-11-17-9-12-24(13-10-17)22(26)19-5-7-20(27-2)8-6-19/h5-8,15,17-18H,3-4,9-14H2,1-2H3. The van der Waals surface area contributed by atoms with E-state index >= 15 is 0 Å². The molecule has 0 N–H and O–H groups in total. The van der Waals surface area contributed by atoms with Gasteiger partial charge in [0.15, 0.2) is 0 Å². The first-order valence-electron chi connectivity index (χ1n) is 10.1. The molecule has 0 spiro atoms. The molecule has 1 amide bonds. The molecular weight excluding hydrogens is 338 g/mol. The number of ether oxygens (including phenoxy) is 1. The summed E-state index contributed by atoms with van der Waals surface area (Å²) in [5.41, 5.74) is 2.03. The summed E-state index contributed by atoms with van der Waals surface area (Å²) in [5.74, 6) is 3.60. The average Bonchev–Trinajstić information content (AvgIpc) is 3.49. The van der Waals surface area contributed by atoms with Gasteiger partial charge in [0.2, 0.25) is 0 Å². The molecule has 0 radical (unpaired) electrons. The van der Waals surface area contributed by atoms with Crippen LogP contribution < -0.4 is 4.74 Å². The number of benzene rings is 1. The van der Waals surface area contributed by atoms with Gasteiger partial charge >= 0.3 is 0 Å². The molecule has 0 unspecified atom stereocenters. The lowest BCUT2D eigenvalue weighted by atomic mass is 9.93. The average molecular weight is 367 g/mol. The van der Waals surface area contributed by atoms with Crippen molar-refractivity contribution in [2.24, 2.45) is 5.92 Å². The minimum absolute atomic E-state index is 0.137. The van der Waals surface area contributed by atoms with Crippen molar-refractivity contribution in [1.82, 2.24) is 14.5 Å². The van der Waals surface area contributed by atoms with Gasteiger partial charge in [0.25, 0.3) is 5.91 Å². The predicted molar refractivity (Wildman–Crippen MR) is 105 cm³/mol. The van der Waals surface area contributed by atoms with E-state index < -0.39 is 0 Å². The Morgan fingerprint density at radius 2 is 1.85 bits per heavy atom. The van der Waals surface area contributed by atoms with Crippen LogP contribution in [0.25, 0.3) is 0 Å². The zero-order valence-electron chi connectivity index (χ0n) is 16.4. The SMILES string of the molecule is COc1ccc(C(=O)N2CCC(CCn3c(C)cnc3C3CC3)CC2)cc1. The van der Waals surface area contributed by atoms with Gasteiger partial charge in [-0.05, 0) is 69.2 Å². The smallest absolute Gasteiger partial charge is 0.253 e. The van der Waals surface area contributed by atoms with E-state index in [2.05, 4.69) is 16.5 Å². The highest BCUT2D eigenvalue weighted by molar-refractivity contribution is 5.94. The van der Waals surface area contributed by atoms with Gasteiger partial charge in [-0.2, -0.15) is 0 Å². The van der Waals surface area contributed by atoms with Gasteiger partial charge in [-0.1, -0.05) is 0 Å². The largest absolute Gasteiger partial charge is 0.497 e. The molecule has 2 aromatic rings. The Hall–Kier alpha value is -2.30. The second kappa shape index (κ2) is 7.75. The number of amides is 1. The molecular formula is C22H29N3O2. The molecule has 1 aliphatic carbocycles. The third-order valence-corrected chi connectivity index (χ3v) is 6.03. The monoisotopic (exact) mass is 367 g/mol. The Balaban J connectivity index is 1.28. The Bertz CT molecular complexity index is 784. The van der Waals surface area contributed by atoms with Crippen LogP contribution in [0.15, 0.2) is 30.5 Å². The van der Waals surface area contributed by atoms with Gasteiger partial charge in [0.05, 0.1) is 7.11 Å². The molecule has 5 nitrogen and oxygen atoms in total. The minimum Gasteiger partial charge on any atom is -0.497 e. The molecule has 27 heavy (non-hydrogen) atoms.